The maximum absolute atomic E-state index is 6.26. The van der Waals surface area contributed by atoms with Crippen LogP contribution in [-0.4, -0.2) is 56.2 Å². The van der Waals surface area contributed by atoms with E-state index in [9.17, 15) is 0 Å². The van der Waals surface area contributed by atoms with Crippen molar-refractivity contribution in [2.24, 2.45) is 10.7 Å². The van der Waals surface area contributed by atoms with E-state index in [1.165, 1.54) is 0 Å². The minimum atomic E-state index is 0. The van der Waals surface area contributed by atoms with Crippen LogP contribution in [0.5, 0.6) is 11.5 Å². The first-order valence-corrected chi connectivity index (χ1v) is 10.1. The highest BCUT2D eigenvalue weighted by Crippen LogP contribution is 2.33. The monoisotopic (exact) mass is 529 g/mol. The molecular weight excluding hydrogens is 501 g/mol. The fourth-order valence-corrected chi connectivity index (χ4v) is 3.97. The summed E-state index contributed by atoms with van der Waals surface area (Å²) in [5, 5.41) is 3.07. The quantitative estimate of drug-likeness (QED) is 0.257. The molecule has 1 aliphatic heterocycles. The fourth-order valence-electron chi connectivity index (χ4n) is 3.28. The summed E-state index contributed by atoms with van der Waals surface area (Å²) in [5.41, 5.74) is 8.31. The number of thiazole rings is 1. The molecule has 1 aliphatic rings. The largest absolute Gasteiger partial charge is 0.493 e. The summed E-state index contributed by atoms with van der Waals surface area (Å²) in [6, 6.07) is 4.02. The first-order valence-electron chi connectivity index (χ1n) is 9.20. The fraction of sp³-hybridized carbons (Fsp3) is 0.400. The number of ether oxygens (including phenoxy) is 2. The van der Waals surface area contributed by atoms with Crippen LogP contribution in [0.4, 0.5) is 5.13 Å². The second-order valence-electron chi connectivity index (χ2n) is 6.45. The van der Waals surface area contributed by atoms with E-state index in [0.717, 1.165) is 48.2 Å². The number of benzene rings is 1. The summed E-state index contributed by atoms with van der Waals surface area (Å²) in [6.45, 7) is 7.76. The number of aliphatic imine (C=N–C) groups is 1. The summed E-state index contributed by atoms with van der Waals surface area (Å²) in [6.07, 6.45) is 4.39. The summed E-state index contributed by atoms with van der Waals surface area (Å²) < 4.78 is 11.0. The SMILES string of the molecule is C=CCc1cc(CN=C(N)N2CCN(c3nccs3)CC2)cc(OC)c1OC.I. The van der Waals surface area contributed by atoms with Gasteiger partial charge in [-0.05, 0) is 24.1 Å². The first-order chi connectivity index (χ1) is 13.7. The number of allylic oxidation sites excluding steroid dienone is 1. The van der Waals surface area contributed by atoms with Gasteiger partial charge in [-0.15, -0.1) is 41.9 Å². The molecule has 0 aliphatic carbocycles. The van der Waals surface area contributed by atoms with Gasteiger partial charge in [-0.3, -0.25) is 0 Å². The van der Waals surface area contributed by atoms with Gasteiger partial charge < -0.3 is 25.0 Å². The van der Waals surface area contributed by atoms with Crippen molar-refractivity contribution in [1.82, 2.24) is 9.88 Å². The molecule has 2 heterocycles. The Balaban J connectivity index is 0.00000300. The normalized spacial score (nSPS) is 14.3. The highest BCUT2D eigenvalue weighted by Gasteiger charge is 2.20. The third kappa shape index (κ3) is 5.75. The summed E-state index contributed by atoms with van der Waals surface area (Å²) >= 11 is 1.66. The van der Waals surface area contributed by atoms with Gasteiger partial charge in [0.1, 0.15) is 0 Å². The third-order valence-corrected chi connectivity index (χ3v) is 5.53. The third-order valence-electron chi connectivity index (χ3n) is 4.70. The number of nitrogens with zero attached hydrogens (tertiary/aromatic N) is 4. The maximum atomic E-state index is 6.26. The summed E-state index contributed by atoms with van der Waals surface area (Å²) in [4.78, 5) is 13.4. The molecule has 0 unspecified atom stereocenters. The highest BCUT2D eigenvalue weighted by atomic mass is 127. The van der Waals surface area contributed by atoms with Crippen molar-refractivity contribution >= 4 is 46.4 Å². The molecule has 3 rings (SSSR count). The predicted octanol–water partition coefficient (Wildman–Crippen LogP) is 3.14. The van der Waals surface area contributed by atoms with Gasteiger partial charge in [0, 0.05) is 43.3 Å². The van der Waals surface area contributed by atoms with Crippen LogP contribution >= 0.6 is 35.3 Å². The Kier molecular flexibility index (Phi) is 9.02. The Morgan fingerprint density at radius 3 is 2.62 bits per heavy atom. The zero-order valence-electron chi connectivity index (χ0n) is 16.8. The highest BCUT2D eigenvalue weighted by molar-refractivity contribution is 14.0. The van der Waals surface area contributed by atoms with Gasteiger partial charge in [-0.25, -0.2) is 9.98 Å². The van der Waals surface area contributed by atoms with E-state index in [1.54, 1.807) is 25.6 Å². The smallest absolute Gasteiger partial charge is 0.191 e. The van der Waals surface area contributed by atoms with Crippen LogP contribution in [0.15, 0.2) is 41.4 Å². The number of halogens is 1. The summed E-state index contributed by atoms with van der Waals surface area (Å²) in [5.74, 6) is 2.00. The lowest BCUT2D eigenvalue weighted by Gasteiger charge is -2.35. The molecule has 0 atom stereocenters. The molecule has 0 amide bonds. The number of guanidine groups is 1. The molecule has 158 valence electrons. The molecular formula is C20H28IN5O2S. The Morgan fingerprint density at radius 2 is 2.03 bits per heavy atom. The van der Waals surface area contributed by atoms with Crippen LogP contribution in [0.25, 0.3) is 0 Å². The van der Waals surface area contributed by atoms with Crippen LogP contribution in [0, 0.1) is 0 Å². The number of aromatic nitrogens is 1. The zero-order chi connectivity index (χ0) is 19.9. The molecule has 0 spiro atoms. The Morgan fingerprint density at radius 1 is 1.28 bits per heavy atom. The number of piperazine rings is 1. The molecule has 7 nitrogen and oxygen atoms in total. The van der Waals surface area contributed by atoms with E-state index in [1.807, 2.05) is 23.7 Å². The molecule has 1 aromatic heterocycles. The molecule has 1 saturated heterocycles. The first kappa shape index (κ1) is 23.3. The van der Waals surface area contributed by atoms with Crippen molar-refractivity contribution in [1.29, 1.82) is 0 Å². The van der Waals surface area contributed by atoms with Crippen LogP contribution < -0.4 is 20.1 Å². The average molecular weight is 529 g/mol. The van der Waals surface area contributed by atoms with Crippen LogP contribution in [0.1, 0.15) is 11.1 Å². The topological polar surface area (TPSA) is 76.2 Å². The average Bonchev–Trinajstić information content (AvgIpc) is 3.27. The van der Waals surface area contributed by atoms with E-state index in [2.05, 4.69) is 32.4 Å². The molecule has 1 fully saturated rings. The molecule has 0 bridgehead atoms. The molecule has 9 heteroatoms. The van der Waals surface area contributed by atoms with E-state index >= 15 is 0 Å². The van der Waals surface area contributed by atoms with Gasteiger partial charge in [0.05, 0.1) is 20.8 Å². The number of hydrogen-bond acceptors (Lipinski definition) is 6. The molecule has 2 N–H and O–H groups in total. The van der Waals surface area contributed by atoms with Gasteiger partial charge in [-0.1, -0.05) is 6.08 Å². The van der Waals surface area contributed by atoms with E-state index in [-0.39, 0.29) is 24.0 Å². The van der Waals surface area contributed by atoms with Crippen LogP contribution in [-0.2, 0) is 13.0 Å². The van der Waals surface area contributed by atoms with Crippen LogP contribution in [0.3, 0.4) is 0 Å². The molecule has 1 aromatic carbocycles. The van der Waals surface area contributed by atoms with Crippen molar-refractivity contribution in [3.05, 3.63) is 47.5 Å². The number of rotatable bonds is 7. The van der Waals surface area contributed by atoms with Crippen molar-refractivity contribution < 1.29 is 9.47 Å². The predicted molar refractivity (Wildman–Crippen MR) is 130 cm³/mol. The second-order valence-corrected chi connectivity index (χ2v) is 7.32. The van der Waals surface area contributed by atoms with Gasteiger partial charge in [0.15, 0.2) is 22.6 Å². The molecule has 0 radical (unpaired) electrons. The van der Waals surface area contributed by atoms with Crippen molar-refractivity contribution in [2.45, 2.75) is 13.0 Å². The number of nitrogens with two attached hydrogens (primary N) is 1. The lowest BCUT2D eigenvalue weighted by molar-refractivity contribution is 0.352. The Hall–Kier alpha value is -2.01. The van der Waals surface area contributed by atoms with E-state index < -0.39 is 0 Å². The minimum Gasteiger partial charge on any atom is -0.493 e. The lowest BCUT2D eigenvalue weighted by Crippen LogP contribution is -2.51. The number of methoxy groups -OCH3 is 2. The molecule has 0 saturated carbocycles. The van der Waals surface area contributed by atoms with E-state index in [0.29, 0.717) is 24.7 Å². The van der Waals surface area contributed by atoms with Gasteiger partial charge in [0.25, 0.3) is 0 Å². The molecule has 29 heavy (non-hydrogen) atoms. The minimum absolute atomic E-state index is 0. The van der Waals surface area contributed by atoms with Gasteiger partial charge in [-0.2, -0.15) is 0 Å². The van der Waals surface area contributed by atoms with E-state index in [4.69, 9.17) is 15.2 Å². The van der Waals surface area contributed by atoms with Crippen molar-refractivity contribution in [2.75, 3.05) is 45.3 Å². The van der Waals surface area contributed by atoms with Crippen LogP contribution in [0.2, 0.25) is 0 Å². The second kappa shape index (κ2) is 11.2. The Bertz CT molecular complexity index is 821. The summed E-state index contributed by atoms with van der Waals surface area (Å²) in [7, 11) is 3.28. The maximum Gasteiger partial charge on any atom is 0.191 e. The lowest BCUT2D eigenvalue weighted by atomic mass is 10.1. The Labute approximate surface area is 193 Å². The van der Waals surface area contributed by atoms with Gasteiger partial charge >= 0.3 is 0 Å². The van der Waals surface area contributed by atoms with Crippen molar-refractivity contribution in [3.8, 4) is 11.5 Å². The van der Waals surface area contributed by atoms with Crippen molar-refractivity contribution in [3.63, 3.8) is 0 Å². The number of hydrogen-bond donors (Lipinski definition) is 1. The number of anilines is 1. The standard InChI is InChI=1S/C20H27N5O2S.HI/c1-4-5-16-12-15(13-17(26-2)18(16)27-3)14-23-19(21)24-7-9-25(10-8-24)20-22-6-11-28-20;/h4,6,11-13H,1,5,7-10,14H2,2-3H3,(H2,21,23);1H. The zero-order valence-corrected chi connectivity index (χ0v) is 20.0. The molecule has 2 aromatic rings. The van der Waals surface area contributed by atoms with Gasteiger partial charge in [0.2, 0.25) is 0 Å².